The minimum Gasteiger partial charge on any atom is -0.493 e. The quantitative estimate of drug-likeness (QED) is 0.425. The lowest BCUT2D eigenvalue weighted by Crippen LogP contribution is -2.17. The minimum absolute atomic E-state index is 0.248. The molecule has 1 N–H and O–H groups in total. The summed E-state index contributed by atoms with van der Waals surface area (Å²) < 4.78 is 11.8. The van der Waals surface area contributed by atoms with Gasteiger partial charge in [-0.2, -0.15) is 5.10 Å². The number of aryl methyl sites for hydroxylation is 1. The molecule has 0 fully saturated rings. The van der Waals surface area contributed by atoms with Crippen molar-refractivity contribution in [1.29, 1.82) is 0 Å². The molecular formula is C18H19IN2O3. The molecule has 0 saturated heterocycles. The molecule has 2 rings (SSSR count). The van der Waals surface area contributed by atoms with Gasteiger partial charge in [-0.1, -0.05) is 17.7 Å². The Balaban J connectivity index is 2.11. The largest absolute Gasteiger partial charge is 0.493 e. The van der Waals surface area contributed by atoms with E-state index in [1.807, 2.05) is 44.2 Å². The van der Waals surface area contributed by atoms with E-state index in [1.54, 1.807) is 19.4 Å². The Kier molecular flexibility index (Phi) is 6.60. The summed E-state index contributed by atoms with van der Waals surface area (Å²) in [6, 6.07) is 11.1. The Hall–Kier alpha value is -2.09. The van der Waals surface area contributed by atoms with Gasteiger partial charge in [0.15, 0.2) is 11.5 Å². The number of nitrogens with zero attached hydrogens (tertiary/aromatic N) is 1. The summed E-state index contributed by atoms with van der Waals surface area (Å²) in [5.41, 5.74) is 4.94. The third-order valence-corrected chi connectivity index (χ3v) is 4.00. The molecule has 6 heteroatoms. The van der Waals surface area contributed by atoms with Gasteiger partial charge in [0.1, 0.15) is 0 Å². The summed E-state index contributed by atoms with van der Waals surface area (Å²) >= 11 is 2.18. The fourth-order valence-electron chi connectivity index (χ4n) is 2.12. The van der Waals surface area contributed by atoms with Gasteiger partial charge in [0.25, 0.3) is 5.91 Å². The summed E-state index contributed by atoms with van der Waals surface area (Å²) in [7, 11) is 1.59. The molecule has 2 aromatic carbocycles. The second-order valence-electron chi connectivity index (χ2n) is 5.04. The average molecular weight is 438 g/mol. The van der Waals surface area contributed by atoms with Gasteiger partial charge < -0.3 is 9.47 Å². The second kappa shape index (κ2) is 8.68. The summed E-state index contributed by atoms with van der Waals surface area (Å²) in [4.78, 5) is 12.0. The first-order valence-electron chi connectivity index (χ1n) is 7.45. The van der Waals surface area contributed by atoms with Crippen LogP contribution in [-0.2, 0) is 0 Å². The van der Waals surface area contributed by atoms with E-state index < -0.39 is 0 Å². The van der Waals surface area contributed by atoms with E-state index >= 15 is 0 Å². The summed E-state index contributed by atoms with van der Waals surface area (Å²) in [5.74, 6) is 1.10. The van der Waals surface area contributed by atoms with Crippen molar-refractivity contribution < 1.29 is 14.3 Å². The summed E-state index contributed by atoms with van der Waals surface area (Å²) in [6.45, 7) is 4.42. The lowest BCUT2D eigenvalue weighted by Gasteiger charge is -2.12. The highest BCUT2D eigenvalue weighted by Crippen LogP contribution is 2.33. The molecule has 0 heterocycles. The number of rotatable bonds is 6. The van der Waals surface area contributed by atoms with Crippen LogP contribution >= 0.6 is 22.6 Å². The number of ether oxygens (including phenoxy) is 2. The number of hydrogen-bond donors (Lipinski definition) is 1. The lowest BCUT2D eigenvalue weighted by atomic mass is 10.1. The van der Waals surface area contributed by atoms with Crippen molar-refractivity contribution in [3.8, 4) is 11.5 Å². The van der Waals surface area contributed by atoms with Crippen molar-refractivity contribution in [2.24, 2.45) is 5.10 Å². The van der Waals surface area contributed by atoms with E-state index in [2.05, 4.69) is 33.1 Å². The Morgan fingerprint density at radius 2 is 2.12 bits per heavy atom. The number of methoxy groups -OCH3 is 1. The lowest BCUT2D eigenvalue weighted by molar-refractivity contribution is 0.0955. The number of amides is 1. The Bertz CT molecular complexity index is 760. The van der Waals surface area contributed by atoms with Gasteiger partial charge in [-0.25, -0.2) is 5.43 Å². The Labute approximate surface area is 155 Å². The maximum Gasteiger partial charge on any atom is 0.271 e. The highest BCUT2D eigenvalue weighted by atomic mass is 127. The number of benzene rings is 2. The number of hydrogen-bond acceptors (Lipinski definition) is 4. The topological polar surface area (TPSA) is 59.9 Å². The monoisotopic (exact) mass is 438 g/mol. The number of carbonyl (C=O) groups excluding carboxylic acids is 1. The standard InChI is InChI=1S/C18H19IN2O3/c1-4-24-17-15(19)9-13(10-16(17)23-3)11-20-21-18(22)14-7-5-6-12(2)8-14/h5-11H,4H2,1-3H3,(H,21,22)/b20-11-. The average Bonchev–Trinajstić information content (AvgIpc) is 2.57. The van der Waals surface area contributed by atoms with E-state index in [9.17, 15) is 4.79 Å². The zero-order chi connectivity index (χ0) is 17.5. The first kappa shape index (κ1) is 18.3. The van der Waals surface area contributed by atoms with Gasteiger partial charge in [-0.3, -0.25) is 4.79 Å². The van der Waals surface area contributed by atoms with Gasteiger partial charge in [0, 0.05) is 5.56 Å². The van der Waals surface area contributed by atoms with Crippen LogP contribution in [0.3, 0.4) is 0 Å². The number of carbonyl (C=O) groups is 1. The van der Waals surface area contributed by atoms with Crippen LogP contribution in [0.15, 0.2) is 41.5 Å². The van der Waals surface area contributed by atoms with Crippen molar-refractivity contribution >= 4 is 34.7 Å². The number of nitrogens with one attached hydrogen (secondary N) is 1. The predicted octanol–water partition coefficient (Wildman–Crippen LogP) is 3.77. The normalized spacial score (nSPS) is 10.7. The fraction of sp³-hybridized carbons (Fsp3) is 0.222. The first-order chi connectivity index (χ1) is 11.5. The van der Waals surface area contributed by atoms with Crippen LogP contribution < -0.4 is 14.9 Å². The van der Waals surface area contributed by atoms with Crippen molar-refractivity contribution in [2.75, 3.05) is 13.7 Å². The highest BCUT2D eigenvalue weighted by Gasteiger charge is 2.10. The van der Waals surface area contributed by atoms with E-state index in [-0.39, 0.29) is 5.91 Å². The second-order valence-corrected chi connectivity index (χ2v) is 6.20. The molecule has 0 atom stereocenters. The molecule has 1 amide bonds. The Morgan fingerprint density at radius 1 is 1.33 bits per heavy atom. The van der Waals surface area contributed by atoms with Gasteiger partial charge in [-0.15, -0.1) is 0 Å². The molecule has 2 aromatic rings. The van der Waals surface area contributed by atoms with Crippen LogP contribution in [0.1, 0.15) is 28.4 Å². The van der Waals surface area contributed by atoms with Gasteiger partial charge in [-0.05, 0) is 66.3 Å². The van der Waals surface area contributed by atoms with E-state index in [1.165, 1.54) is 0 Å². The van der Waals surface area contributed by atoms with Crippen molar-refractivity contribution in [3.05, 3.63) is 56.7 Å². The summed E-state index contributed by atoms with van der Waals surface area (Å²) in [5, 5.41) is 4.02. The first-order valence-corrected chi connectivity index (χ1v) is 8.53. The van der Waals surface area contributed by atoms with E-state index in [0.29, 0.717) is 23.7 Å². The van der Waals surface area contributed by atoms with Crippen LogP contribution in [-0.4, -0.2) is 25.8 Å². The maximum atomic E-state index is 12.0. The zero-order valence-corrected chi connectivity index (χ0v) is 16.0. The SMILES string of the molecule is CCOc1c(I)cc(/C=N\NC(=O)c2cccc(C)c2)cc1OC. The molecule has 0 aliphatic heterocycles. The minimum atomic E-state index is -0.248. The molecule has 0 saturated carbocycles. The molecule has 0 bridgehead atoms. The van der Waals surface area contributed by atoms with Crippen LogP contribution in [0.4, 0.5) is 0 Å². The highest BCUT2D eigenvalue weighted by molar-refractivity contribution is 14.1. The van der Waals surface area contributed by atoms with Crippen LogP contribution in [0, 0.1) is 10.5 Å². The smallest absolute Gasteiger partial charge is 0.271 e. The molecule has 24 heavy (non-hydrogen) atoms. The van der Waals surface area contributed by atoms with Gasteiger partial charge in [0.2, 0.25) is 0 Å². The molecular weight excluding hydrogens is 419 g/mol. The van der Waals surface area contributed by atoms with Crippen LogP contribution in [0.2, 0.25) is 0 Å². The number of halogens is 1. The zero-order valence-electron chi connectivity index (χ0n) is 13.8. The van der Waals surface area contributed by atoms with E-state index in [4.69, 9.17) is 9.47 Å². The molecule has 0 aliphatic carbocycles. The molecule has 0 aliphatic rings. The Morgan fingerprint density at radius 3 is 2.79 bits per heavy atom. The third kappa shape index (κ3) is 4.70. The molecule has 0 radical (unpaired) electrons. The predicted molar refractivity (Wildman–Crippen MR) is 103 cm³/mol. The maximum absolute atomic E-state index is 12.0. The van der Waals surface area contributed by atoms with Crippen molar-refractivity contribution in [2.45, 2.75) is 13.8 Å². The van der Waals surface area contributed by atoms with Crippen molar-refractivity contribution in [1.82, 2.24) is 5.43 Å². The van der Waals surface area contributed by atoms with Gasteiger partial charge >= 0.3 is 0 Å². The van der Waals surface area contributed by atoms with Crippen molar-refractivity contribution in [3.63, 3.8) is 0 Å². The molecule has 126 valence electrons. The van der Waals surface area contributed by atoms with Gasteiger partial charge in [0.05, 0.1) is 23.5 Å². The van der Waals surface area contributed by atoms with E-state index in [0.717, 1.165) is 14.7 Å². The fourth-order valence-corrected chi connectivity index (χ4v) is 2.90. The molecule has 0 spiro atoms. The van der Waals surface area contributed by atoms with Crippen LogP contribution in [0.25, 0.3) is 0 Å². The summed E-state index contributed by atoms with van der Waals surface area (Å²) in [6.07, 6.45) is 1.58. The number of hydrazone groups is 1. The molecule has 0 unspecified atom stereocenters. The van der Waals surface area contributed by atoms with Crippen LogP contribution in [0.5, 0.6) is 11.5 Å². The molecule has 0 aromatic heterocycles. The third-order valence-electron chi connectivity index (χ3n) is 3.20. The molecule has 5 nitrogen and oxygen atoms in total.